The summed E-state index contributed by atoms with van der Waals surface area (Å²) in [6, 6.07) is 12.3. The third-order valence-electron chi connectivity index (χ3n) is 2.24. The van der Waals surface area contributed by atoms with Gasteiger partial charge in [0.1, 0.15) is 0 Å². The van der Waals surface area contributed by atoms with Crippen molar-refractivity contribution < 1.29 is 10.2 Å². The highest BCUT2D eigenvalue weighted by atomic mass is 79.9. The average molecular weight is 292 g/mol. The summed E-state index contributed by atoms with van der Waals surface area (Å²) in [6.45, 7) is 0. The van der Waals surface area contributed by atoms with Crippen molar-refractivity contribution in [1.82, 2.24) is 0 Å². The van der Waals surface area contributed by atoms with Crippen LogP contribution in [-0.4, -0.2) is 16.4 Å². The molecule has 0 saturated carbocycles. The van der Waals surface area contributed by atoms with Gasteiger partial charge in [-0.2, -0.15) is 0 Å². The Kier molecular flexibility index (Phi) is 3.44. The van der Waals surface area contributed by atoms with Crippen molar-refractivity contribution in [2.24, 2.45) is 4.99 Å². The Balaban J connectivity index is 2.33. The Hall–Kier alpha value is -1.81. The Morgan fingerprint density at radius 3 is 2.53 bits per heavy atom. The fourth-order valence-electron chi connectivity index (χ4n) is 1.35. The Labute approximate surface area is 107 Å². The summed E-state index contributed by atoms with van der Waals surface area (Å²) in [4.78, 5) is 4.23. The summed E-state index contributed by atoms with van der Waals surface area (Å²) in [6.07, 6.45) is 1.51. The van der Waals surface area contributed by atoms with E-state index in [0.717, 1.165) is 10.2 Å². The molecule has 0 bridgehead atoms. The number of phenols is 2. The molecule has 0 fully saturated rings. The van der Waals surface area contributed by atoms with Gasteiger partial charge in [-0.1, -0.05) is 18.2 Å². The number of para-hydroxylation sites is 2. The van der Waals surface area contributed by atoms with Crippen LogP contribution in [0.1, 0.15) is 5.56 Å². The van der Waals surface area contributed by atoms with Crippen LogP contribution in [-0.2, 0) is 0 Å². The molecule has 0 amide bonds. The SMILES string of the molecule is Oc1cccc(C=Nc2ccccc2Br)c1O. The molecule has 2 rings (SSSR count). The minimum Gasteiger partial charge on any atom is -0.504 e. The van der Waals surface area contributed by atoms with Gasteiger partial charge in [0.25, 0.3) is 0 Å². The third-order valence-corrected chi connectivity index (χ3v) is 2.91. The molecule has 2 aromatic carbocycles. The van der Waals surface area contributed by atoms with Crippen molar-refractivity contribution in [3.05, 3.63) is 52.5 Å². The maximum absolute atomic E-state index is 9.59. The van der Waals surface area contributed by atoms with Gasteiger partial charge in [-0.05, 0) is 40.2 Å². The summed E-state index contributed by atoms with van der Waals surface area (Å²) in [7, 11) is 0. The fourth-order valence-corrected chi connectivity index (χ4v) is 1.74. The molecule has 0 heterocycles. The molecule has 2 aromatic rings. The maximum Gasteiger partial charge on any atom is 0.166 e. The van der Waals surface area contributed by atoms with E-state index in [1.165, 1.54) is 12.3 Å². The lowest BCUT2D eigenvalue weighted by Crippen LogP contribution is -1.82. The smallest absolute Gasteiger partial charge is 0.166 e. The van der Waals surface area contributed by atoms with Gasteiger partial charge in [0.15, 0.2) is 11.5 Å². The van der Waals surface area contributed by atoms with Crippen molar-refractivity contribution >= 4 is 27.8 Å². The first-order valence-electron chi connectivity index (χ1n) is 4.98. The van der Waals surface area contributed by atoms with Crippen LogP contribution in [0.5, 0.6) is 11.5 Å². The van der Waals surface area contributed by atoms with E-state index in [9.17, 15) is 10.2 Å². The predicted octanol–water partition coefficient (Wildman–Crippen LogP) is 3.61. The number of hydrogen-bond acceptors (Lipinski definition) is 3. The molecule has 0 aromatic heterocycles. The van der Waals surface area contributed by atoms with Crippen molar-refractivity contribution in [2.45, 2.75) is 0 Å². The Morgan fingerprint density at radius 1 is 1.00 bits per heavy atom. The number of phenolic OH excluding ortho intramolecular Hbond substituents is 2. The summed E-state index contributed by atoms with van der Waals surface area (Å²) in [5.74, 6) is -0.315. The first-order valence-corrected chi connectivity index (χ1v) is 5.77. The van der Waals surface area contributed by atoms with E-state index in [4.69, 9.17) is 0 Å². The molecule has 0 aliphatic heterocycles. The van der Waals surface area contributed by atoms with Crippen LogP contribution in [0.4, 0.5) is 5.69 Å². The van der Waals surface area contributed by atoms with E-state index < -0.39 is 0 Å². The second-order valence-corrected chi connectivity index (χ2v) is 4.28. The summed E-state index contributed by atoms with van der Waals surface area (Å²) in [5.41, 5.74) is 1.23. The number of aromatic hydroxyl groups is 2. The fraction of sp³-hybridized carbons (Fsp3) is 0. The van der Waals surface area contributed by atoms with Crippen LogP contribution in [0.2, 0.25) is 0 Å². The molecule has 2 N–H and O–H groups in total. The quantitative estimate of drug-likeness (QED) is 0.656. The molecule has 0 radical (unpaired) electrons. The van der Waals surface area contributed by atoms with Crippen LogP contribution < -0.4 is 0 Å². The third kappa shape index (κ3) is 2.65. The minimum absolute atomic E-state index is 0.152. The van der Waals surface area contributed by atoms with E-state index in [1.807, 2.05) is 24.3 Å². The van der Waals surface area contributed by atoms with Gasteiger partial charge in [-0.15, -0.1) is 0 Å². The molecule has 0 unspecified atom stereocenters. The molecular formula is C13H10BrNO2. The Bertz CT molecular complexity index is 567. The van der Waals surface area contributed by atoms with Crippen molar-refractivity contribution in [1.29, 1.82) is 0 Å². The molecular weight excluding hydrogens is 282 g/mol. The summed E-state index contributed by atoms with van der Waals surface area (Å²) >= 11 is 3.38. The maximum atomic E-state index is 9.59. The van der Waals surface area contributed by atoms with Gasteiger partial charge in [-0.25, -0.2) is 0 Å². The van der Waals surface area contributed by atoms with Crippen LogP contribution in [0.25, 0.3) is 0 Å². The highest BCUT2D eigenvalue weighted by molar-refractivity contribution is 9.10. The number of hydrogen-bond donors (Lipinski definition) is 2. The number of benzene rings is 2. The van der Waals surface area contributed by atoms with E-state index in [2.05, 4.69) is 20.9 Å². The van der Waals surface area contributed by atoms with Crippen molar-refractivity contribution in [3.63, 3.8) is 0 Å². The van der Waals surface area contributed by atoms with E-state index in [0.29, 0.717) is 5.56 Å². The van der Waals surface area contributed by atoms with E-state index in [-0.39, 0.29) is 11.5 Å². The first-order chi connectivity index (χ1) is 8.18. The zero-order valence-corrected chi connectivity index (χ0v) is 10.4. The molecule has 86 valence electrons. The predicted molar refractivity (Wildman–Crippen MR) is 71.2 cm³/mol. The van der Waals surface area contributed by atoms with Gasteiger partial charge < -0.3 is 10.2 Å². The minimum atomic E-state index is -0.164. The van der Waals surface area contributed by atoms with Crippen LogP contribution in [0, 0.1) is 0 Å². The first kappa shape index (κ1) is 11.7. The Morgan fingerprint density at radius 2 is 1.76 bits per heavy atom. The van der Waals surface area contributed by atoms with Gasteiger partial charge in [0.2, 0.25) is 0 Å². The lowest BCUT2D eigenvalue weighted by molar-refractivity contribution is 0.403. The average Bonchev–Trinajstić information content (AvgIpc) is 2.33. The molecule has 0 aliphatic rings. The van der Waals surface area contributed by atoms with E-state index >= 15 is 0 Å². The monoisotopic (exact) mass is 291 g/mol. The second kappa shape index (κ2) is 5.01. The highest BCUT2D eigenvalue weighted by Gasteiger charge is 2.03. The van der Waals surface area contributed by atoms with Gasteiger partial charge in [0.05, 0.1) is 5.69 Å². The lowest BCUT2D eigenvalue weighted by Gasteiger charge is -2.01. The molecule has 3 nitrogen and oxygen atoms in total. The van der Waals surface area contributed by atoms with E-state index in [1.54, 1.807) is 12.1 Å². The largest absolute Gasteiger partial charge is 0.504 e. The molecule has 0 aliphatic carbocycles. The zero-order valence-electron chi connectivity index (χ0n) is 8.84. The molecule has 17 heavy (non-hydrogen) atoms. The second-order valence-electron chi connectivity index (χ2n) is 3.42. The highest BCUT2D eigenvalue weighted by Crippen LogP contribution is 2.28. The number of rotatable bonds is 2. The normalized spacial score (nSPS) is 10.9. The molecule has 0 atom stereocenters. The summed E-state index contributed by atoms with van der Waals surface area (Å²) < 4.78 is 0.871. The topological polar surface area (TPSA) is 52.8 Å². The zero-order chi connectivity index (χ0) is 12.3. The number of halogens is 1. The van der Waals surface area contributed by atoms with Crippen molar-refractivity contribution in [3.8, 4) is 11.5 Å². The van der Waals surface area contributed by atoms with Gasteiger partial charge >= 0.3 is 0 Å². The molecule has 0 spiro atoms. The lowest BCUT2D eigenvalue weighted by atomic mass is 10.2. The number of nitrogens with zero attached hydrogens (tertiary/aromatic N) is 1. The van der Waals surface area contributed by atoms with Gasteiger partial charge in [-0.3, -0.25) is 4.99 Å². The van der Waals surface area contributed by atoms with Gasteiger partial charge in [0, 0.05) is 16.3 Å². The molecule has 0 saturated heterocycles. The van der Waals surface area contributed by atoms with Crippen LogP contribution >= 0.6 is 15.9 Å². The summed E-state index contributed by atoms with van der Waals surface area (Å²) in [5, 5.41) is 18.9. The van der Waals surface area contributed by atoms with Crippen molar-refractivity contribution in [2.75, 3.05) is 0 Å². The standard InChI is InChI=1S/C13H10BrNO2/c14-10-5-1-2-6-11(10)15-8-9-4-3-7-12(16)13(9)17/h1-8,16-17H. The van der Waals surface area contributed by atoms with Crippen LogP contribution in [0.15, 0.2) is 51.9 Å². The van der Waals surface area contributed by atoms with Crippen LogP contribution in [0.3, 0.4) is 0 Å². The number of aliphatic imine (C=N–C) groups is 1. The molecule has 4 heteroatoms.